The number of hydrogen-bond acceptors (Lipinski definition) is 5. The summed E-state index contributed by atoms with van der Waals surface area (Å²) in [5.74, 6) is 0.0509. The second-order valence-corrected chi connectivity index (χ2v) is 5.38. The highest BCUT2D eigenvalue weighted by Gasteiger charge is 2.22. The minimum Gasteiger partial charge on any atom is -0.508 e. The zero-order chi connectivity index (χ0) is 13.8. The van der Waals surface area contributed by atoms with Crippen molar-refractivity contribution in [2.24, 2.45) is 5.73 Å². The molecule has 4 N–H and O–H groups in total. The second kappa shape index (κ2) is 5.77. The van der Waals surface area contributed by atoms with Crippen LogP contribution in [0.2, 0.25) is 0 Å². The molecule has 0 saturated heterocycles. The molecule has 0 spiro atoms. The third-order valence-electron chi connectivity index (χ3n) is 2.53. The standard InChI is InChI=1S/C12H13N3O3S/c13-11(5-8-6-14-7-15-8)12(17)19(18)10-3-1-9(16)2-4-10/h1-4,6-7,11,16H,5,13H2,(H,14,15)/t11-,19?/m0/s1. The maximum atomic E-state index is 12.0. The van der Waals surface area contributed by atoms with Gasteiger partial charge in [-0.1, -0.05) is 0 Å². The highest BCUT2D eigenvalue weighted by atomic mass is 32.2. The van der Waals surface area contributed by atoms with Crippen LogP contribution < -0.4 is 5.73 Å². The number of aromatic nitrogens is 2. The van der Waals surface area contributed by atoms with Crippen molar-refractivity contribution in [1.29, 1.82) is 0 Å². The highest BCUT2D eigenvalue weighted by Crippen LogP contribution is 2.14. The number of phenols is 1. The average molecular weight is 279 g/mol. The number of nitrogens with two attached hydrogens (primary N) is 1. The molecule has 2 atom stereocenters. The third kappa shape index (κ3) is 3.27. The van der Waals surface area contributed by atoms with Crippen molar-refractivity contribution in [2.45, 2.75) is 17.4 Å². The van der Waals surface area contributed by atoms with Gasteiger partial charge >= 0.3 is 0 Å². The van der Waals surface area contributed by atoms with Crippen LogP contribution in [-0.4, -0.2) is 30.4 Å². The Kier molecular flexibility index (Phi) is 4.08. The van der Waals surface area contributed by atoms with Gasteiger partial charge in [0.25, 0.3) is 0 Å². The first-order chi connectivity index (χ1) is 9.08. The largest absolute Gasteiger partial charge is 0.508 e. The van der Waals surface area contributed by atoms with Crippen LogP contribution in [0.4, 0.5) is 0 Å². The van der Waals surface area contributed by atoms with Gasteiger partial charge < -0.3 is 15.8 Å². The second-order valence-electron chi connectivity index (χ2n) is 3.97. The van der Waals surface area contributed by atoms with Crippen molar-refractivity contribution in [2.75, 3.05) is 0 Å². The molecule has 1 aromatic carbocycles. The van der Waals surface area contributed by atoms with E-state index in [0.717, 1.165) is 0 Å². The fraction of sp³-hybridized carbons (Fsp3) is 0.167. The molecule has 0 fully saturated rings. The summed E-state index contributed by atoms with van der Waals surface area (Å²) < 4.78 is 12.0. The summed E-state index contributed by atoms with van der Waals surface area (Å²) in [6, 6.07) is 4.76. The predicted molar refractivity (Wildman–Crippen MR) is 69.8 cm³/mol. The van der Waals surface area contributed by atoms with Gasteiger partial charge in [-0.2, -0.15) is 0 Å². The monoisotopic (exact) mass is 279 g/mol. The smallest absolute Gasteiger partial charge is 0.240 e. The average Bonchev–Trinajstić information content (AvgIpc) is 2.90. The number of aromatic amines is 1. The molecule has 2 rings (SSSR count). The number of nitrogens with zero attached hydrogens (tertiary/aromatic N) is 1. The lowest BCUT2D eigenvalue weighted by atomic mass is 10.2. The Labute approximate surface area is 112 Å². The number of benzene rings is 1. The van der Waals surface area contributed by atoms with E-state index >= 15 is 0 Å². The third-order valence-corrected chi connectivity index (χ3v) is 3.90. The van der Waals surface area contributed by atoms with E-state index in [9.17, 15) is 9.00 Å². The Balaban J connectivity index is 2.06. The molecule has 1 unspecified atom stereocenters. The van der Waals surface area contributed by atoms with E-state index < -0.39 is 22.0 Å². The first kappa shape index (κ1) is 13.4. The Morgan fingerprint density at radius 3 is 2.68 bits per heavy atom. The van der Waals surface area contributed by atoms with Crippen molar-refractivity contribution in [3.05, 3.63) is 42.5 Å². The van der Waals surface area contributed by atoms with Gasteiger partial charge in [0.2, 0.25) is 5.12 Å². The van der Waals surface area contributed by atoms with Crippen LogP contribution in [0.5, 0.6) is 5.75 Å². The number of rotatable bonds is 4. The van der Waals surface area contributed by atoms with E-state index in [1.807, 2.05) is 0 Å². The molecule has 7 heteroatoms. The van der Waals surface area contributed by atoms with Gasteiger partial charge in [-0.05, 0) is 24.3 Å². The zero-order valence-electron chi connectivity index (χ0n) is 9.95. The van der Waals surface area contributed by atoms with E-state index in [2.05, 4.69) is 9.97 Å². The van der Waals surface area contributed by atoms with Gasteiger partial charge in [-0.3, -0.25) is 4.79 Å². The van der Waals surface area contributed by atoms with Crippen LogP contribution in [0.15, 0.2) is 41.7 Å². The lowest BCUT2D eigenvalue weighted by molar-refractivity contribution is -0.112. The molecule has 0 amide bonds. The summed E-state index contributed by atoms with van der Waals surface area (Å²) >= 11 is 0. The first-order valence-electron chi connectivity index (χ1n) is 5.55. The van der Waals surface area contributed by atoms with E-state index in [-0.39, 0.29) is 12.2 Å². The number of phenolic OH excluding ortho intramolecular Hbond substituents is 1. The van der Waals surface area contributed by atoms with Gasteiger partial charge in [0.1, 0.15) is 16.5 Å². The predicted octanol–water partition coefficient (Wildman–Crippen LogP) is 0.319. The zero-order valence-corrected chi connectivity index (χ0v) is 10.8. The van der Waals surface area contributed by atoms with Crippen molar-refractivity contribution in [1.82, 2.24) is 9.97 Å². The maximum Gasteiger partial charge on any atom is 0.240 e. The topological polar surface area (TPSA) is 109 Å². The molecule has 100 valence electrons. The number of aromatic hydroxyl groups is 1. The van der Waals surface area contributed by atoms with Gasteiger partial charge in [0.15, 0.2) is 0 Å². The molecule has 0 aliphatic rings. The summed E-state index contributed by atoms with van der Waals surface area (Å²) in [5, 5.41) is 8.58. The van der Waals surface area contributed by atoms with Crippen LogP contribution in [0.1, 0.15) is 5.69 Å². The Morgan fingerprint density at radius 1 is 1.42 bits per heavy atom. The fourth-order valence-corrected chi connectivity index (χ4v) is 2.51. The highest BCUT2D eigenvalue weighted by molar-refractivity contribution is 8.00. The van der Waals surface area contributed by atoms with Gasteiger partial charge in [-0.15, -0.1) is 0 Å². The van der Waals surface area contributed by atoms with Gasteiger partial charge in [-0.25, -0.2) is 9.19 Å². The Morgan fingerprint density at radius 2 is 2.11 bits per heavy atom. The lowest BCUT2D eigenvalue weighted by Gasteiger charge is -2.08. The summed E-state index contributed by atoms with van der Waals surface area (Å²) in [7, 11) is -1.84. The van der Waals surface area contributed by atoms with Crippen LogP contribution in [0.25, 0.3) is 0 Å². The molecule has 1 heterocycles. The minimum atomic E-state index is -1.84. The number of nitrogens with one attached hydrogen (secondary N) is 1. The van der Waals surface area contributed by atoms with Crippen LogP contribution >= 0.6 is 0 Å². The lowest BCUT2D eigenvalue weighted by Crippen LogP contribution is -2.35. The molecule has 0 aliphatic carbocycles. The summed E-state index contributed by atoms with van der Waals surface area (Å²) in [5.41, 5.74) is 6.45. The number of hydrogen-bond donors (Lipinski definition) is 3. The van der Waals surface area contributed by atoms with Crippen molar-refractivity contribution < 1.29 is 14.1 Å². The SMILES string of the molecule is N[C@@H](Cc1cnc[nH]1)C(=O)S(=O)c1ccc(O)cc1. The molecule has 6 nitrogen and oxygen atoms in total. The number of H-pyrrole nitrogens is 1. The molecular weight excluding hydrogens is 266 g/mol. The van der Waals surface area contributed by atoms with Crippen LogP contribution in [-0.2, 0) is 22.0 Å². The molecule has 0 radical (unpaired) electrons. The molecule has 0 bridgehead atoms. The van der Waals surface area contributed by atoms with Crippen molar-refractivity contribution >= 4 is 15.9 Å². The number of carbonyl (C=O) groups is 1. The summed E-state index contributed by atoms with van der Waals surface area (Å²) in [6.07, 6.45) is 3.31. The Bertz CT molecular complexity index is 581. The molecular formula is C12H13N3O3S. The molecule has 19 heavy (non-hydrogen) atoms. The molecule has 0 saturated carbocycles. The first-order valence-corrected chi connectivity index (χ1v) is 6.70. The Hall–Kier alpha value is -1.99. The van der Waals surface area contributed by atoms with Crippen molar-refractivity contribution in [3.63, 3.8) is 0 Å². The minimum absolute atomic E-state index is 0.0509. The molecule has 2 aromatic rings. The van der Waals surface area contributed by atoms with Crippen LogP contribution in [0, 0.1) is 0 Å². The fourth-order valence-electron chi connectivity index (χ4n) is 1.54. The van der Waals surface area contributed by atoms with Crippen LogP contribution in [0.3, 0.4) is 0 Å². The number of carbonyl (C=O) groups excluding carboxylic acids is 1. The van der Waals surface area contributed by atoms with E-state index in [1.54, 1.807) is 6.20 Å². The van der Waals surface area contributed by atoms with Gasteiger partial charge in [0, 0.05) is 23.2 Å². The molecule has 1 aromatic heterocycles. The quantitative estimate of drug-likeness (QED) is 0.746. The normalized spacial score (nSPS) is 13.9. The maximum absolute atomic E-state index is 12.0. The summed E-state index contributed by atoms with van der Waals surface area (Å²) in [4.78, 5) is 18.9. The van der Waals surface area contributed by atoms with E-state index in [4.69, 9.17) is 10.8 Å². The van der Waals surface area contributed by atoms with Gasteiger partial charge in [0.05, 0.1) is 12.4 Å². The summed E-state index contributed by atoms with van der Waals surface area (Å²) in [6.45, 7) is 0. The van der Waals surface area contributed by atoms with Crippen molar-refractivity contribution in [3.8, 4) is 5.75 Å². The molecule has 0 aliphatic heterocycles. The van der Waals surface area contributed by atoms with E-state index in [1.165, 1.54) is 30.6 Å². The number of imidazole rings is 1. The van der Waals surface area contributed by atoms with E-state index in [0.29, 0.717) is 10.6 Å².